The molecule has 1 saturated heterocycles. The van der Waals surface area contributed by atoms with Crippen molar-refractivity contribution in [2.45, 2.75) is 19.4 Å². The van der Waals surface area contributed by atoms with Crippen LogP contribution in [-0.4, -0.2) is 41.2 Å². The Morgan fingerprint density at radius 2 is 2.22 bits per heavy atom. The lowest BCUT2D eigenvalue weighted by Crippen LogP contribution is -2.55. The van der Waals surface area contributed by atoms with E-state index in [0.29, 0.717) is 25.3 Å². The number of carbonyl (C=O) groups excluding carboxylic acids is 1. The molecule has 0 spiro atoms. The summed E-state index contributed by atoms with van der Waals surface area (Å²) in [6.07, 6.45) is 0. The van der Waals surface area contributed by atoms with Crippen LogP contribution >= 0.6 is 15.9 Å². The van der Waals surface area contributed by atoms with Gasteiger partial charge < -0.3 is 14.7 Å². The van der Waals surface area contributed by atoms with Gasteiger partial charge in [0.2, 0.25) is 0 Å². The molecule has 0 unspecified atom stereocenters. The highest BCUT2D eigenvalue weighted by molar-refractivity contribution is 9.10. The maximum atomic E-state index is 12.4. The number of benzene rings is 1. The second-order valence-corrected chi connectivity index (χ2v) is 5.90. The first-order chi connectivity index (χ1) is 8.42. The average molecular weight is 314 g/mol. The van der Waals surface area contributed by atoms with Gasteiger partial charge in [-0.2, -0.15) is 0 Å². The fourth-order valence-electron chi connectivity index (χ4n) is 2.07. The second-order valence-electron chi connectivity index (χ2n) is 4.98. The Labute approximate surface area is 115 Å². The minimum atomic E-state index is -0.352. The summed E-state index contributed by atoms with van der Waals surface area (Å²) in [5.74, 6) is -0.162. The normalized spacial score (nSPS) is 18.7. The second kappa shape index (κ2) is 4.90. The molecule has 1 fully saturated rings. The summed E-state index contributed by atoms with van der Waals surface area (Å²) in [5, 5.41) is 9.85. The summed E-state index contributed by atoms with van der Waals surface area (Å²) in [6, 6.07) is 4.91. The molecular formula is C13H16BrNO3. The van der Waals surface area contributed by atoms with E-state index in [9.17, 15) is 9.90 Å². The molecule has 0 aliphatic carbocycles. The quantitative estimate of drug-likeness (QED) is 0.866. The van der Waals surface area contributed by atoms with E-state index in [1.807, 2.05) is 13.8 Å². The number of nitrogens with zero attached hydrogens (tertiary/aromatic N) is 1. The molecule has 1 aromatic carbocycles. The highest BCUT2D eigenvalue weighted by Gasteiger charge is 2.35. The Morgan fingerprint density at radius 3 is 2.83 bits per heavy atom. The summed E-state index contributed by atoms with van der Waals surface area (Å²) in [6.45, 7) is 5.50. The standard InChI is InChI=1S/C13H16BrNO3/c1-13(2)8-18-6-5-15(13)12(17)10-4-3-9(14)7-11(10)16/h3-4,7,16H,5-6,8H2,1-2H3. The molecule has 1 aliphatic rings. The molecule has 0 atom stereocenters. The van der Waals surface area contributed by atoms with E-state index in [-0.39, 0.29) is 17.2 Å². The number of hydrogen-bond acceptors (Lipinski definition) is 3. The first-order valence-corrected chi connectivity index (χ1v) is 6.59. The number of halogens is 1. The Bertz CT molecular complexity index is 473. The van der Waals surface area contributed by atoms with E-state index in [1.165, 1.54) is 6.07 Å². The molecule has 1 aliphatic heterocycles. The largest absolute Gasteiger partial charge is 0.507 e. The number of rotatable bonds is 1. The topological polar surface area (TPSA) is 49.8 Å². The van der Waals surface area contributed by atoms with Crippen LogP contribution in [0.1, 0.15) is 24.2 Å². The zero-order valence-electron chi connectivity index (χ0n) is 10.4. The van der Waals surface area contributed by atoms with E-state index < -0.39 is 0 Å². The molecule has 1 N–H and O–H groups in total. The summed E-state index contributed by atoms with van der Waals surface area (Å²) in [5.41, 5.74) is -0.0253. The predicted molar refractivity (Wildman–Crippen MR) is 71.7 cm³/mol. The third kappa shape index (κ3) is 2.52. The Morgan fingerprint density at radius 1 is 1.50 bits per heavy atom. The Balaban J connectivity index is 2.30. The molecule has 5 heteroatoms. The lowest BCUT2D eigenvalue weighted by molar-refractivity contribution is -0.0371. The van der Waals surface area contributed by atoms with Crippen molar-refractivity contribution in [2.75, 3.05) is 19.8 Å². The average Bonchev–Trinajstić information content (AvgIpc) is 2.27. The van der Waals surface area contributed by atoms with Crippen molar-refractivity contribution in [1.29, 1.82) is 0 Å². The molecule has 2 rings (SSSR count). The lowest BCUT2D eigenvalue weighted by atomic mass is 10.0. The predicted octanol–water partition coefficient (Wildman–Crippen LogP) is 2.41. The van der Waals surface area contributed by atoms with E-state index in [1.54, 1.807) is 17.0 Å². The molecule has 1 aromatic rings. The van der Waals surface area contributed by atoms with Crippen molar-refractivity contribution in [1.82, 2.24) is 4.90 Å². The molecule has 98 valence electrons. The summed E-state index contributed by atoms with van der Waals surface area (Å²) < 4.78 is 6.13. The maximum absolute atomic E-state index is 12.4. The summed E-state index contributed by atoms with van der Waals surface area (Å²) in [4.78, 5) is 14.2. The highest BCUT2D eigenvalue weighted by atomic mass is 79.9. The molecule has 0 radical (unpaired) electrons. The van der Waals surface area contributed by atoms with Crippen LogP contribution in [0.4, 0.5) is 0 Å². The van der Waals surface area contributed by atoms with E-state index in [2.05, 4.69) is 15.9 Å². The smallest absolute Gasteiger partial charge is 0.258 e. The summed E-state index contributed by atoms with van der Waals surface area (Å²) in [7, 11) is 0. The third-order valence-electron chi connectivity index (χ3n) is 3.08. The van der Waals surface area contributed by atoms with Crippen LogP contribution < -0.4 is 0 Å². The number of aromatic hydroxyl groups is 1. The molecular weight excluding hydrogens is 298 g/mol. The van der Waals surface area contributed by atoms with Crippen molar-refractivity contribution < 1.29 is 14.6 Å². The SMILES string of the molecule is CC1(C)COCCN1C(=O)c1ccc(Br)cc1O. The third-order valence-corrected chi connectivity index (χ3v) is 3.57. The van der Waals surface area contributed by atoms with Gasteiger partial charge in [-0.15, -0.1) is 0 Å². The molecule has 4 nitrogen and oxygen atoms in total. The van der Waals surface area contributed by atoms with Crippen LogP contribution in [0, 0.1) is 0 Å². The number of phenolic OH excluding ortho intramolecular Hbond substituents is 1. The zero-order chi connectivity index (χ0) is 13.3. The van der Waals surface area contributed by atoms with Gasteiger partial charge in [-0.25, -0.2) is 0 Å². The van der Waals surface area contributed by atoms with Crippen LogP contribution in [0.15, 0.2) is 22.7 Å². The van der Waals surface area contributed by atoms with E-state index in [4.69, 9.17) is 4.74 Å². The molecule has 0 aromatic heterocycles. The van der Waals surface area contributed by atoms with Gasteiger partial charge in [-0.3, -0.25) is 4.79 Å². The Kier molecular flexibility index (Phi) is 3.64. The first-order valence-electron chi connectivity index (χ1n) is 5.80. The fraction of sp³-hybridized carbons (Fsp3) is 0.462. The number of morpholine rings is 1. The number of hydrogen-bond donors (Lipinski definition) is 1. The minimum Gasteiger partial charge on any atom is -0.507 e. The van der Waals surface area contributed by atoms with Crippen molar-refractivity contribution in [3.05, 3.63) is 28.2 Å². The summed E-state index contributed by atoms with van der Waals surface area (Å²) >= 11 is 3.26. The van der Waals surface area contributed by atoms with Crippen molar-refractivity contribution in [3.8, 4) is 5.75 Å². The van der Waals surface area contributed by atoms with Crippen LogP contribution in [-0.2, 0) is 4.74 Å². The fourth-order valence-corrected chi connectivity index (χ4v) is 2.41. The van der Waals surface area contributed by atoms with Crippen LogP contribution in [0.2, 0.25) is 0 Å². The van der Waals surface area contributed by atoms with Gasteiger partial charge in [0.25, 0.3) is 5.91 Å². The van der Waals surface area contributed by atoms with Gasteiger partial charge in [0.1, 0.15) is 5.75 Å². The van der Waals surface area contributed by atoms with Crippen LogP contribution in [0.25, 0.3) is 0 Å². The van der Waals surface area contributed by atoms with Gasteiger partial charge in [0, 0.05) is 11.0 Å². The Hall–Kier alpha value is -1.07. The van der Waals surface area contributed by atoms with Gasteiger partial charge in [0.15, 0.2) is 0 Å². The van der Waals surface area contributed by atoms with E-state index >= 15 is 0 Å². The van der Waals surface area contributed by atoms with Gasteiger partial charge in [0.05, 0.1) is 24.3 Å². The number of carbonyl (C=O) groups is 1. The van der Waals surface area contributed by atoms with Gasteiger partial charge in [-0.05, 0) is 32.0 Å². The van der Waals surface area contributed by atoms with Crippen molar-refractivity contribution in [3.63, 3.8) is 0 Å². The first kappa shape index (κ1) is 13.4. The molecule has 0 bridgehead atoms. The molecule has 1 heterocycles. The molecule has 0 saturated carbocycles. The monoisotopic (exact) mass is 313 g/mol. The molecule has 1 amide bonds. The minimum absolute atomic E-state index is 0.00309. The maximum Gasteiger partial charge on any atom is 0.258 e. The number of phenols is 1. The molecule has 18 heavy (non-hydrogen) atoms. The lowest BCUT2D eigenvalue weighted by Gasteiger charge is -2.42. The number of ether oxygens (including phenoxy) is 1. The van der Waals surface area contributed by atoms with E-state index in [0.717, 1.165) is 4.47 Å². The highest BCUT2D eigenvalue weighted by Crippen LogP contribution is 2.27. The van der Waals surface area contributed by atoms with Gasteiger partial charge in [-0.1, -0.05) is 15.9 Å². The number of amides is 1. The van der Waals surface area contributed by atoms with Gasteiger partial charge >= 0.3 is 0 Å². The zero-order valence-corrected chi connectivity index (χ0v) is 12.0. The van der Waals surface area contributed by atoms with Crippen molar-refractivity contribution in [2.24, 2.45) is 0 Å². The van der Waals surface area contributed by atoms with Crippen LogP contribution in [0.3, 0.4) is 0 Å². The van der Waals surface area contributed by atoms with Crippen molar-refractivity contribution >= 4 is 21.8 Å². The van der Waals surface area contributed by atoms with Crippen LogP contribution in [0.5, 0.6) is 5.75 Å².